The molecule has 0 atom stereocenters. The molecule has 0 bridgehead atoms. The Labute approximate surface area is 145 Å². The number of anilines is 1. The predicted octanol–water partition coefficient (Wildman–Crippen LogP) is 3.34. The summed E-state index contributed by atoms with van der Waals surface area (Å²) in [6.07, 6.45) is 0. The van der Waals surface area contributed by atoms with Gasteiger partial charge in [-0.25, -0.2) is 0 Å². The maximum Gasteiger partial charge on any atom is 0.276 e. The zero-order valence-electron chi connectivity index (χ0n) is 14.4. The second-order valence-electron chi connectivity index (χ2n) is 6.85. The highest BCUT2D eigenvalue weighted by Gasteiger charge is 2.16. The van der Waals surface area contributed by atoms with Gasteiger partial charge in [0.25, 0.3) is 11.8 Å². The van der Waals surface area contributed by atoms with E-state index in [0.29, 0.717) is 16.9 Å². The van der Waals surface area contributed by atoms with Gasteiger partial charge in [-0.05, 0) is 51.1 Å². The molecule has 0 unspecified atom stereocenters. The van der Waals surface area contributed by atoms with Gasteiger partial charge in [0.15, 0.2) is 5.69 Å². The third-order valence-electron chi connectivity index (χ3n) is 3.58. The average Bonchev–Trinajstić information content (AvgIpc) is 2.98. The molecule has 25 heavy (non-hydrogen) atoms. The van der Waals surface area contributed by atoms with Gasteiger partial charge in [-0.15, -0.1) is 0 Å². The molecule has 0 spiro atoms. The summed E-state index contributed by atoms with van der Waals surface area (Å²) in [4.78, 5) is 24.5. The van der Waals surface area contributed by atoms with Crippen LogP contribution in [0.15, 0.2) is 48.5 Å². The van der Waals surface area contributed by atoms with Crippen LogP contribution in [0.2, 0.25) is 0 Å². The quantitative estimate of drug-likeness (QED) is 0.685. The summed E-state index contributed by atoms with van der Waals surface area (Å²) in [7, 11) is 0. The lowest BCUT2D eigenvalue weighted by Crippen LogP contribution is -2.40. The van der Waals surface area contributed by atoms with Gasteiger partial charge in [-0.3, -0.25) is 14.7 Å². The minimum Gasteiger partial charge on any atom is -0.347 e. The summed E-state index contributed by atoms with van der Waals surface area (Å²) in [6.45, 7) is 5.77. The number of aromatic amines is 1. The van der Waals surface area contributed by atoms with E-state index in [9.17, 15) is 9.59 Å². The largest absolute Gasteiger partial charge is 0.347 e. The topological polar surface area (TPSA) is 86.9 Å². The summed E-state index contributed by atoms with van der Waals surface area (Å²) >= 11 is 0. The minimum absolute atomic E-state index is 0.149. The first kappa shape index (κ1) is 16.7. The van der Waals surface area contributed by atoms with Crippen LogP contribution in [0, 0.1) is 0 Å². The van der Waals surface area contributed by atoms with E-state index in [1.807, 2.05) is 45.0 Å². The number of para-hydroxylation sites is 1. The maximum atomic E-state index is 12.4. The van der Waals surface area contributed by atoms with E-state index < -0.39 is 0 Å². The van der Waals surface area contributed by atoms with E-state index in [1.54, 1.807) is 24.3 Å². The molecule has 6 heteroatoms. The zero-order chi connectivity index (χ0) is 18.0. The monoisotopic (exact) mass is 336 g/mol. The predicted molar refractivity (Wildman–Crippen MR) is 97.7 cm³/mol. The van der Waals surface area contributed by atoms with Crippen LogP contribution in [0.5, 0.6) is 0 Å². The first-order chi connectivity index (χ1) is 11.8. The number of nitrogens with one attached hydrogen (secondary N) is 3. The van der Waals surface area contributed by atoms with Crippen molar-refractivity contribution in [2.75, 3.05) is 5.32 Å². The molecule has 0 saturated carbocycles. The van der Waals surface area contributed by atoms with Gasteiger partial charge in [-0.2, -0.15) is 5.10 Å². The molecular weight excluding hydrogens is 316 g/mol. The van der Waals surface area contributed by atoms with E-state index in [4.69, 9.17) is 0 Å². The molecule has 3 N–H and O–H groups in total. The maximum absolute atomic E-state index is 12.4. The molecule has 6 nitrogen and oxygen atoms in total. The number of fused-ring (bicyclic) bond motifs is 1. The van der Waals surface area contributed by atoms with Gasteiger partial charge in [0.05, 0.1) is 5.52 Å². The number of amides is 2. The van der Waals surface area contributed by atoms with Crippen LogP contribution in [-0.4, -0.2) is 27.6 Å². The Morgan fingerprint density at radius 1 is 0.960 bits per heavy atom. The van der Waals surface area contributed by atoms with Crippen molar-refractivity contribution in [1.82, 2.24) is 15.5 Å². The molecule has 2 aromatic carbocycles. The van der Waals surface area contributed by atoms with Crippen molar-refractivity contribution in [1.29, 1.82) is 0 Å². The van der Waals surface area contributed by atoms with Crippen molar-refractivity contribution < 1.29 is 9.59 Å². The van der Waals surface area contributed by atoms with E-state index in [2.05, 4.69) is 20.8 Å². The van der Waals surface area contributed by atoms with Crippen molar-refractivity contribution in [3.8, 4) is 0 Å². The highest BCUT2D eigenvalue weighted by molar-refractivity contribution is 6.11. The molecule has 0 radical (unpaired) electrons. The fraction of sp³-hybridized carbons (Fsp3) is 0.211. The fourth-order valence-corrected chi connectivity index (χ4v) is 2.44. The highest BCUT2D eigenvalue weighted by atomic mass is 16.2. The number of carbonyl (C=O) groups is 2. The Bertz CT molecular complexity index is 920. The Morgan fingerprint density at radius 3 is 2.32 bits per heavy atom. The lowest BCUT2D eigenvalue weighted by molar-refractivity contribution is 0.0919. The van der Waals surface area contributed by atoms with Gasteiger partial charge < -0.3 is 10.6 Å². The molecule has 1 heterocycles. The molecule has 128 valence electrons. The summed E-state index contributed by atoms with van der Waals surface area (Å²) in [5, 5.41) is 13.4. The Hall–Kier alpha value is -3.15. The Morgan fingerprint density at radius 2 is 1.64 bits per heavy atom. The average molecular weight is 336 g/mol. The second kappa shape index (κ2) is 6.39. The molecule has 0 aliphatic rings. The highest BCUT2D eigenvalue weighted by Crippen LogP contribution is 2.17. The van der Waals surface area contributed by atoms with Crippen LogP contribution in [-0.2, 0) is 0 Å². The molecule has 3 aromatic rings. The van der Waals surface area contributed by atoms with E-state index >= 15 is 0 Å². The number of nitrogens with zero attached hydrogens (tertiary/aromatic N) is 1. The molecule has 0 aliphatic carbocycles. The molecule has 2 amide bonds. The molecule has 3 rings (SSSR count). The Kier molecular flexibility index (Phi) is 4.27. The van der Waals surface area contributed by atoms with Crippen molar-refractivity contribution in [3.63, 3.8) is 0 Å². The number of carbonyl (C=O) groups excluding carboxylic acids is 2. The van der Waals surface area contributed by atoms with E-state index in [0.717, 1.165) is 10.9 Å². The van der Waals surface area contributed by atoms with Gasteiger partial charge in [0.1, 0.15) is 0 Å². The lowest BCUT2D eigenvalue weighted by Gasteiger charge is -2.20. The zero-order valence-corrected chi connectivity index (χ0v) is 14.4. The van der Waals surface area contributed by atoms with Gasteiger partial charge in [0.2, 0.25) is 0 Å². The molecule has 0 saturated heterocycles. The first-order valence-corrected chi connectivity index (χ1v) is 8.00. The number of H-pyrrole nitrogens is 1. The van der Waals surface area contributed by atoms with Crippen LogP contribution in [0.4, 0.5) is 5.69 Å². The van der Waals surface area contributed by atoms with Crippen LogP contribution in [0.3, 0.4) is 0 Å². The third kappa shape index (κ3) is 3.85. The van der Waals surface area contributed by atoms with Crippen molar-refractivity contribution in [2.24, 2.45) is 0 Å². The summed E-state index contributed by atoms with van der Waals surface area (Å²) in [5.41, 5.74) is 1.99. The Balaban J connectivity index is 1.73. The molecule has 1 aromatic heterocycles. The summed E-state index contributed by atoms with van der Waals surface area (Å²) in [6, 6.07) is 14.2. The number of rotatable bonds is 3. The van der Waals surface area contributed by atoms with Crippen molar-refractivity contribution in [2.45, 2.75) is 26.3 Å². The van der Waals surface area contributed by atoms with Crippen LogP contribution in [0.25, 0.3) is 10.9 Å². The normalized spacial score (nSPS) is 11.3. The lowest BCUT2D eigenvalue weighted by atomic mass is 10.1. The number of aromatic nitrogens is 2. The number of hydrogen-bond donors (Lipinski definition) is 3. The van der Waals surface area contributed by atoms with Crippen molar-refractivity contribution in [3.05, 3.63) is 59.8 Å². The minimum atomic E-state index is -0.302. The summed E-state index contributed by atoms with van der Waals surface area (Å²) < 4.78 is 0. The smallest absolute Gasteiger partial charge is 0.276 e. The molecule has 0 aliphatic heterocycles. The van der Waals surface area contributed by atoms with Gasteiger partial charge in [0, 0.05) is 22.2 Å². The first-order valence-electron chi connectivity index (χ1n) is 8.00. The third-order valence-corrected chi connectivity index (χ3v) is 3.58. The van der Waals surface area contributed by atoms with Gasteiger partial charge >= 0.3 is 0 Å². The van der Waals surface area contributed by atoms with Crippen molar-refractivity contribution >= 4 is 28.4 Å². The number of benzene rings is 2. The fourth-order valence-electron chi connectivity index (χ4n) is 2.44. The van der Waals surface area contributed by atoms with E-state index in [-0.39, 0.29) is 17.4 Å². The standard InChI is InChI=1S/C19H20N4O2/c1-19(2,3)21-17(24)12-8-10-13(11-9-12)20-18(25)16-14-6-4-5-7-15(14)22-23-16/h4-11H,1-3H3,(H,20,25)(H,21,24)(H,22,23). The molecule has 0 fully saturated rings. The molecular formula is C19H20N4O2. The van der Waals surface area contributed by atoms with Gasteiger partial charge in [-0.1, -0.05) is 18.2 Å². The SMILES string of the molecule is CC(C)(C)NC(=O)c1ccc(NC(=O)c2n[nH]c3ccccc23)cc1. The van der Waals surface area contributed by atoms with Crippen LogP contribution < -0.4 is 10.6 Å². The summed E-state index contributed by atoms with van der Waals surface area (Å²) in [5.74, 6) is -0.451. The second-order valence-corrected chi connectivity index (χ2v) is 6.85. The van der Waals surface area contributed by atoms with Crippen LogP contribution in [0.1, 0.15) is 41.6 Å². The number of hydrogen-bond acceptors (Lipinski definition) is 3. The van der Waals surface area contributed by atoms with E-state index in [1.165, 1.54) is 0 Å². The van der Waals surface area contributed by atoms with Crippen LogP contribution >= 0.6 is 0 Å².